The standard InChI is InChI=1S/C17H18ClNO2/c1-2-3-10-4-7-14-13(8-10)16(17(20)21)12-6-5-11(18)9-15(12)19-14/h5-6,9-10H,2-4,7-8H2,1H3,(H,20,21). The first kappa shape index (κ1) is 14.3. The van der Waals surface area contributed by atoms with E-state index in [1.807, 2.05) is 0 Å². The molecular weight excluding hydrogens is 286 g/mol. The average Bonchev–Trinajstić information content (AvgIpc) is 2.44. The van der Waals surface area contributed by atoms with Gasteiger partial charge in [0, 0.05) is 16.1 Å². The van der Waals surface area contributed by atoms with Gasteiger partial charge in [0.2, 0.25) is 0 Å². The zero-order valence-corrected chi connectivity index (χ0v) is 12.8. The molecule has 3 nitrogen and oxygen atoms in total. The SMILES string of the molecule is CCCC1CCc2nc3cc(Cl)ccc3c(C(=O)O)c2C1. The van der Waals surface area contributed by atoms with Crippen LogP contribution in [0.5, 0.6) is 0 Å². The van der Waals surface area contributed by atoms with Crippen molar-refractivity contribution in [2.45, 2.75) is 39.0 Å². The predicted molar refractivity (Wildman–Crippen MR) is 84.1 cm³/mol. The lowest BCUT2D eigenvalue weighted by Crippen LogP contribution is -2.19. The molecule has 1 aromatic carbocycles. The number of hydrogen-bond acceptors (Lipinski definition) is 2. The van der Waals surface area contributed by atoms with Gasteiger partial charge in [0.1, 0.15) is 0 Å². The van der Waals surface area contributed by atoms with Crippen LogP contribution in [0.3, 0.4) is 0 Å². The lowest BCUT2D eigenvalue weighted by molar-refractivity contribution is 0.0697. The Labute approximate surface area is 129 Å². The molecule has 1 N–H and O–H groups in total. The van der Waals surface area contributed by atoms with E-state index in [1.165, 1.54) is 0 Å². The smallest absolute Gasteiger partial charge is 0.336 e. The number of carboxylic acids is 1. The van der Waals surface area contributed by atoms with E-state index < -0.39 is 5.97 Å². The molecule has 0 radical (unpaired) electrons. The summed E-state index contributed by atoms with van der Waals surface area (Å²) in [6.45, 7) is 2.17. The molecule has 1 unspecified atom stereocenters. The highest BCUT2D eigenvalue weighted by Gasteiger charge is 2.26. The minimum atomic E-state index is -0.863. The maximum absolute atomic E-state index is 11.8. The van der Waals surface area contributed by atoms with Crippen molar-refractivity contribution < 1.29 is 9.90 Å². The molecule has 1 heterocycles. The first-order valence-electron chi connectivity index (χ1n) is 7.44. The van der Waals surface area contributed by atoms with E-state index in [0.717, 1.165) is 43.4 Å². The van der Waals surface area contributed by atoms with E-state index in [4.69, 9.17) is 11.6 Å². The monoisotopic (exact) mass is 303 g/mol. The number of carbonyl (C=O) groups is 1. The number of fused-ring (bicyclic) bond motifs is 2. The van der Waals surface area contributed by atoms with Crippen LogP contribution in [0.2, 0.25) is 5.02 Å². The van der Waals surface area contributed by atoms with Crippen LogP contribution in [0.1, 0.15) is 47.8 Å². The Morgan fingerprint density at radius 2 is 2.29 bits per heavy atom. The van der Waals surface area contributed by atoms with E-state index >= 15 is 0 Å². The minimum Gasteiger partial charge on any atom is -0.478 e. The summed E-state index contributed by atoms with van der Waals surface area (Å²) in [5, 5.41) is 10.9. The second-order valence-electron chi connectivity index (χ2n) is 5.78. The third kappa shape index (κ3) is 2.62. The molecule has 1 aliphatic carbocycles. The Bertz CT molecular complexity index is 711. The van der Waals surface area contributed by atoms with Gasteiger partial charge in [0.25, 0.3) is 0 Å². The molecular formula is C17H18ClNO2. The van der Waals surface area contributed by atoms with Gasteiger partial charge in [0.15, 0.2) is 0 Å². The number of pyridine rings is 1. The van der Waals surface area contributed by atoms with E-state index in [2.05, 4.69) is 11.9 Å². The lowest BCUT2D eigenvalue weighted by atomic mass is 9.81. The minimum absolute atomic E-state index is 0.424. The highest BCUT2D eigenvalue weighted by Crippen LogP contribution is 2.34. The van der Waals surface area contributed by atoms with Gasteiger partial charge in [-0.15, -0.1) is 0 Å². The van der Waals surface area contributed by atoms with Crippen LogP contribution in [0.15, 0.2) is 18.2 Å². The number of hydrogen-bond donors (Lipinski definition) is 1. The highest BCUT2D eigenvalue weighted by molar-refractivity contribution is 6.31. The molecule has 4 heteroatoms. The number of benzene rings is 1. The predicted octanol–water partition coefficient (Wildman–Crippen LogP) is 4.49. The van der Waals surface area contributed by atoms with Gasteiger partial charge in [0.05, 0.1) is 11.1 Å². The number of nitrogens with zero attached hydrogens (tertiary/aromatic N) is 1. The summed E-state index contributed by atoms with van der Waals surface area (Å²) in [5.74, 6) is -0.287. The van der Waals surface area contributed by atoms with Gasteiger partial charge in [-0.25, -0.2) is 4.79 Å². The molecule has 0 amide bonds. The molecule has 110 valence electrons. The Balaban J connectivity index is 2.20. The summed E-state index contributed by atoms with van der Waals surface area (Å²) in [7, 11) is 0. The summed E-state index contributed by atoms with van der Waals surface area (Å²) in [6, 6.07) is 5.26. The molecule has 21 heavy (non-hydrogen) atoms. The maximum atomic E-state index is 11.8. The van der Waals surface area contributed by atoms with Crippen LogP contribution in [0.4, 0.5) is 0 Å². The molecule has 0 saturated carbocycles. The van der Waals surface area contributed by atoms with Crippen LogP contribution in [-0.4, -0.2) is 16.1 Å². The van der Waals surface area contributed by atoms with Crippen molar-refractivity contribution in [3.8, 4) is 0 Å². The summed E-state index contributed by atoms with van der Waals surface area (Å²) >= 11 is 6.01. The quantitative estimate of drug-likeness (QED) is 0.908. The molecule has 0 saturated heterocycles. The van der Waals surface area contributed by atoms with Gasteiger partial charge in [-0.05, 0) is 42.9 Å². The second-order valence-corrected chi connectivity index (χ2v) is 6.21. The Kier molecular flexibility index (Phi) is 3.85. The fraction of sp³-hybridized carbons (Fsp3) is 0.412. The maximum Gasteiger partial charge on any atom is 0.336 e. The van der Waals surface area contributed by atoms with Crippen molar-refractivity contribution in [2.75, 3.05) is 0 Å². The van der Waals surface area contributed by atoms with Crippen LogP contribution < -0.4 is 0 Å². The largest absolute Gasteiger partial charge is 0.478 e. The third-order valence-electron chi connectivity index (χ3n) is 4.33. The third-order valence-corrected chi connectivity index (χ3v) is 4.56. The number of carboxylic acid groups (broad SMARTS) is 1. The van der Waals surface area contributed by atoms with Gasteiger partial charge < -0.3 is 5.11 Å². The normalized spacial score (nSPS) is 17.7. The molecule has 3 rings (SSSR count). The Morgan fingerprint density at radius 1 is 1.48 bits per heavy atom. The summed E-state index contributed by atoms with van der Waals surface area (Å²) in [5.41, 5.74) is 2.98. The molecule has 1 aromatic heterocycles. The lowest BCUT2D eigenvalue weighted by Gasteiger charge is -2.25. The highest BCUT2D eigenvalue weighted by atomic mass is 35.5. The molecule has 0 aliphatic heterocycles. The van der Waals surface area contributed by atoms with Crippen LogP contribution >= 0.6 is 11.6 Å². The summed E-state index contributed by atoms with van der Waals surface area (Å²) < 4.78 is 0. The molecule has 0 fully saturated rings. The van der Waals surface area contributed by atoms with E-state index in [9.17, 15) is 9.90 Å². The molecule has 0 spiro atoms. The van der Waals surface area contributed by atoms with Crippen molar-refractivity contribution in [3.63, 3.8) is 0 Å². The zero-order valence-electron chi connectivity index (χ0n) is 12.0. The van der Waals surface area contributed by atoms with Crippen molar-refractivity contribution in [3.05, 3.63) is 40.0 Å². The molecule has 1 atom stereocenters. The van der Waals surface area contributed by atoms with Gasteiger partial charge in [-0.3, -0.25) is 4.98 Å². The van der Waals surface area contributed by atoms with E-state index in [0.29, 0.717) is 27.4 Å². The first-order valence-corrected chi connectivity index (χ1v) is 7.82. The fourth-order valence-electron chi connectivity index (χ4n) is 3.39. The fourth-order valence-corrected chi connectivity index (χ4v) is 3.55. The number of aromatic carboxylic acids is 1. The zero-order chi connectivity index (χ0) is 15.0. The molecule has 2 aromatic rings. The Morgan fingerprint density at radius 3 is 3.00 bits per heavy atom. The second kappa shape index (κ2) is 5.64. The number of aromatic nitrogens is 1. The van der Waals surface area contributed by atoms with Crippen molar-refractivity contribution in [1.82, 2.24) is 4.98 Å². The number of aryl methyl sites for hydroxylation is 1. The first-order chi connectivity index (χ1) is 10.1. The molecule has 0 bridgehead atoms. The van der Waals surface area contributed by atoms with Gasteiger partial charge in [-0.2, -0.15) is 0 Å². The number of rotatable bonds is 3. The summed E-state index contributed by atoms with van der Waals surface area (Å²) in [4.78, 5) is 16.4. The van der Waals surface area contributed by atoms with Gasteiger partial charge >= 0.3 is 5.97 Å². The van der Waals surface area contributed by atoms with Crippen LogP contribution in [0.25, 0.3) is 10.9 Å². The topological polar surface area (TPSA) is 50.2 Å². The van der Waals surface area contributed by atoms with Gasteiger partial charge in [-0.1, -0.05) is 37.4 Å². The van der Waals surface area contributed by atoms with E-state index in [-0.39, 0.29) is 0 Å². The summed E-state index contributed by atoms with van der Waals surface area (Å²) in [6.07, 6.45) is 5.08. The van der Waals surface area contributed by atoms with Crippen molar-refractivity contribution >= 4 is 28.5 Å². The van der Waals surface area contributed by atoms with Crippen LogP contribution in [0, 0.1) is 5.92 Å². The number of halogens is 1. The van der Waals surface area contributed by atoms with Crippen LogP contribution in [-0.2, 0) is 12.8 Å². The average molecular weight is 304 g/mol. The van der Waals surface area contributed by atoms with Crippen molar-refractivity contribution in [1.29, 1.82) is 0 Å². The Hall–Kier alpha value is -1.61. The van der Waals surface area contributed by atoms with E-state index in [1.54, 1.807) is 18.2 Å². The van der Waals surface area contributed by atoms with Crippen molar-refractivity contribution in [2.24, 2.45) is 5.92 Å². The molecule has 1 aliphatic rings.